The summed E-state index contributed by atoms with van der Waals surface area (Å²) in [6, 6.07) is 44.4. The van der Waals surface area contributed by atoms with Crippen LogP contribution < -0.4 is 5.32 Å². The number of fused-ring (bicyclic) bond motifs is 9. The molecule has 1 aliphatic heterocycles. The van der Waals surface area contributed by atoms with E-state index in [1.807, 2.05) is 11.3 Å². The molecule has 1 N–H and O–H groups in total. The Bertz CT molecular complexity index is 2320. The van der Waals surface area contributed by atoms with Crippen molar-refractivity contribution in [3.05, 3.63) is 133 Å². The van der Waals surface area contributed by atoms with Crippen molar-refractivity contribution >= 4 is 75.9 Å². The van der Waals surface area contributed by atoms with Gasteiger partial charge in [0.25, 0.3) is 0 Å². The van der Waals surface area contributed by atoms with Gasteiger partial charge in [-0.25, -0.2) is 0 Å². The minimum absolute atomic E-state index is 0.0463. The molecule has 0 spiro atoms. The summed E-state index contributed by atoms with van der Waals surface area (Å²) in [7, 11) is 0. The quantitative estimate of drug-likeness (QED) is 0.236. The highest BCUT2D eigenvalue weighted by Gasteiger charge is 2.20. The molecule has 188 valence electrons. The monoisotopic (exact) mass is 528 g/mol. The molecule has 0 saturated heterocycles. The molecular formula is C37H24N2S. The zero-order valence-corrected chi connectivity index (χ0v) is 22.5. The van der Waals surface area contributed by atoms with Crippen LogP contribution in [0.4, 0.5) is 5.69 Å². The molecule has 1 aliphatic rings. The fourth-order valence-corrected chi connectivity index (χ4v) is 7.64. The molecule has 0 amide bonds. The van der Waals surface area contributed by atoms with Gasteiger partial charge in [0.1, 0.15) is 6.17 Å². The molecule has 1 unspecified atom stereocenters. The summed E-state index contributed by atoms with van der Waals surface area (Å²) in [6.45, 7) is 0. The second kappa shape index (κ2) is 8.32. The molecule has 0 bridgehead atoms. The van der Waals surface area contributed by atoms with Crippen molar-refractivity contribution in [1.82, 2.24) is 4.57 Å². The van der Waals surface area contributed by atoms with Gasteiger partial charge in [0.15, 0.2) is 0 Å². The van der Waals surface area contributed by atoms with Crippen molar-refractivity contribution in [2.75, 3.05) is 5.32 Å². The maximum atomic E-state index is 3.76. The summed E-state index contributed by atoms with van der Waals surface area (Å²) in [6.07, 6.45) is 4.54. The van der Waals surface area contributed by atoms with Gasteiger partial charge in [0.2, 0.25) is 0 Å². The Balaban J connectivity index is 1.23. The maximum absolute atomic E-state index is 3.76. The number of hydrogen-bond acceptors (Lipinski definition) is 2. The van der Waals surface area contributed by atoms with E-state index in [-0.39, 0.29) is 6.17 Å². The van der Waals surface area contributed by atoms with E-state index in [1.54, 1.807) is 0 Å². The molecule has 0 aliphatic carbocycles. The minimum atomic E-state index is 0.0463. The number of hydrogen-bond donors (Lipinski definition) is 1. The first-order valence-corrected chi connectivity index (χ1v) is 14.5. The van der Waals surface area contributed by atoms with E-state index in [2.05, 4.69) is 143 Å². The third-order valence-corrected chi connectivity index (χ3v) is 9.54. The maximum Gasteiger partial charge on any atom is 0.123 e. The fraction of sp³-hybridized carbons (Fsp3) is 0.0270. The Morgan fingerprint density at radius 3 is 2.25 bits per heavy atom. The summed E-state index contributed by atoms with van der Waals surface area (Å²) in [5, 5.41) is 11.6. The number of para-hydroxylation sites is 2. The van der Waals surface area contributed by atoms with E-state index >= 15 is 0 Å². The summed E-state index contributed by atoms with van der Waals surface area (Å²) in [5.41, 5.74) is 7.37. The van der Waals surface area contributed by atoms with Gasteiger partial charge in [0.05, 0.1) is 11.0 Å². The van der Waals surface area contributed by atoms with Crippen LogP contribution in [0.15, 0.2) is 127 Å². The van der Waals surface area contributed by atoms with Crippen LogP contribution in [-0.4, -0.2) is 4.57 Å². The van der Waals surface area contributed by atoms with Crippen LogP contribution in [0, 0.1) is 0 Å². The zero-order valence-electron chi connectivity index (χ0n) is 21.6. The average Bonchev–Trinajstić information content (AvgIpc) is 3.56. The van der Waals surface area contributed by atoms with Crippen LogP contribution in [0.1, 0.15) is 11.7 Å². The third kappa shape index (κ3) is 3.16. The van der Waals surface area contributed by atoms with Gasteiger partial charge in [-0.05, 0) is 76.0 Å². The molecule has 3 heterocycles. The molecule has 2 aromatic heterocycles. The number of rotatable bonds is 2. The van der Waals surface area contributed by atoms with Crippen LogP contribution >= 0.6 is 11.3 Å². The van der Waals surface area contributed by atoms with E-state index in [9.17, 15) is 0 Å². The molecule has 6 aromatic carbocycles. The topological polar surface area (TPSA) is 17.0 Å². The largest absolute Gasteiger partial charge is 0.361 e. The van der Waals surface area contributed by atoms with Crippen LogP contribution in [0.2, 0.25) is 0 Å². The van der Waals surface area contributed by atoms with Crippen molar-refractivity contribution in [3.8, 4) is 11.1 Å². The van der Waals surface area contributed by atoms with E-state index in [4.69, 9.17) is 0 Å². The van der Waals surface area contributed by atoms with Gasteiger partial charge in [0, 0.05) is 36.6 Å². The highest BCUT2D eigenvalue weighted by atomic mass is 32.1. The lowest BCUT2D eigenvalue weighted by Crippen LogP contribution is -2.18. The molecule has 40 heavy (non-hydrogen) atoms. The van der Waals surface area contributed by atoms with Gasteiger partial charge < -0.3 is 9.88 Å². The molecule has 0 saturated carbocycles. The van der Waals surface area contributed by atoms with Crippen LogP contribution in [0.25, 0.3) is 70.0 Å². The highest BCUT2D eigenvalue weighted by Crippen LogP contribution is 2.42. The van der Waals surface area contributed by atoms with Crippen LogP contribution in [-0.2, 0) is 0 Å². The van der Waals surface area contributed by atoms with Gasteiger partial charge >= 0.3 is 0 Å². The average molecular weight is 529 g/mol. The first-order chi connectivity index (χ1) is 19.8. The number of nitrogens with one attached hydrogen (secondary N) is 1. The summed E-state index contributed by atoms with van der Waals surface area (Å²) < 4.78 is 5.12. The lowest BCUT2D eigenvalue weighted by Gasteiger charge is -2.25. The number of benzene rings is 6. The Hall–Kier alpha value is -4.86. The Morgan fingerprint density at radius 1 is 0.575 bits per heavy atom. The van der Waals surface area contributed by atoms with Crippen molar-refractivity contribution in [2.24, 2.45) is 0 Å². The summed E-state index contributed by atoms with van der Waals surface area (Å²) in [4.78, 5) is 0. The molecule has 1 atom stereocenters. The van der Waals surface area contributed by atoms with Gasteiger partial charge in [-0.1, -0.05) is 84.9 Å². The first kappa shape index (κ1) is 22.0. The van der Waals surface area contributed by atoms with Crippen molar-refractivity contribution in [3.63, 3.8) is 0 Å². The van der Waals surface area contributed by atoms with Gasteiger partial charge in [-0.2, -0.15) is 0 Å². The number of anilines is 1. The smallest absolute Gasteiger partial charge is 0.123 e. The minimum Gasteiger partial charge on any atom is -0.361 e. The number of nitrogens with zero attached hydrogens (tertiary/aromatic N) is 1. The second-order valence-corrected chi connectivity index (χ2v) is 11.7. The van der Waals surface area contributed by atoms with Crippen molar-refractivity contribution in [2.45, 2.75) is 6.17 Å². The highest BCUT2D eigenvalue weighted by molar-refractivity contribution is 7.26. The van der Waals surface area contributed by atoms with Crippen LogP contribution in [0.5, 0.6) is 0 Å². The van der Waals surface area contributed by atoms with E-state index in [0.29, 0.717) is 0 Å². The Morgan fingerprint density at radius 2 is 1.30 bits per heavy atom. The predicted octanol–water partition coefficient (Wildman–Crippen LogP) is 10.6. The molecular weight excluding hydrogens is 504 g/mol. The standard InChI is InChI=1S/C37H24N2S/c1-3-9-27-23(7-1)14-19-35-37(27)30-22-26(15-18-34(30)40-35)25-13-17-33-29(21-25)28-10-4-6-12-32(28)39(33)36-20-16-24-8-2-5-11-31(24)38-36/h1-22,36,38H. The van der Waals surface area contributed by atoms with E-state index in [0.717, 1.165) is 0 Å². The van der Waals surface area contributed by atoms with Crippen LogP contribution in [0.3, 0.4) is 0 Å². The molecule has 0 fully saturated rings. The number of aromatic nitrogens is 1. The molecule has 9 rings (SSSR count). The lowest BCUT2D eigenvalue weighted by atomic mass is 9.99. The van der Waals surface area contributed by atoms with Gasteiger partial charge in [-0.3, -0.25) is 0 Å². The number of thiophene rings is 1. The summed E-state index contributed by atoms with van der Waals surface area (Å²) in [5.74, 6) is 0. The second-order valence-electron chi connectivity index (χ2n) is 10.6. The first-order valence-electron chi connectivity index (χ1n) is 13.7. The molecule has 0 radical (unpaired) electrons. The van der Waals surface area contributed by atoms with Gasteiger partial charge in [-0.15, -0.1) is 11.3 Å². The van der Waals surface area contributed by atoms with Crippen molar-refractivity contribution < 1.29 is 0 Å². The van der Waals surface area contributed by atoms with E-state index < -0.39 is 0 Å². The van der Waals surface area contributed by atoms with Crippen molar-refractivity contribution in [1.29, 1.82) is 0 Å². The fourth-order valence-electron chi connectivity index (χ4n) is 6.54. The Labute approximate surface area is 235 Å². The normalized spacial score (nSPS) is 14.8. The zero-order chi connectivity index (χ0) is 26.2. The SMILES string of the molecule is C1=CC(n2c3ccccc3c3cc(-c4ccc5sc6ccc7ccccc7c6c5c4)ccc32)Nc2ccccc21. The molecule has 3 heteroatoms. The molecule has 8 aromatic rings. The predicted molar refractivity (Wildman–Crippen MR) is 173 cm³/mol. The van der Waals surface area contributed by atoms with E-state index in [1.165, 1.54) is 75.1 Å². The Kier molecular flexibility index (Phi) is 4.58. The summed E-state index contributed by atoms with van der Waals surface area (Å²) >= 11 is 1.88. The molecule has 2 nitrogen and oxygen atoms in total. The third-order valence-electron chi connectivity index (χ3n) is 8.40. The lowest BCUT2D eigenvalue weighted by molar-refractivity contribution is 0.725.